The van der Waals surface area contributed by atoms with E-state index >= 15 is 0 Å². The summed E-state index contributed by atoms with van der Waals surface area (Å²) in [5.74, 6) is -0.748. The van der Waals surface area contributed by atoms with Gasteiger partial charge >= 0.3 is 0 Å². The Balaban J connectivity index is 4.30. The first kappa shape index (κ1) is 12.5. The van der Waals surface area contributed by atoms with Crippen molar-refractivity contribution in [2.45, 2.75) is 18.3 Å². The van der Waals surface area contributed by atoms with E-state index in [0.29, 0.717) is 0 Å². The lowest BCUT2D eigenvalue weighted by molar-refractivity contribution is -0.146. The fourth-order valence-electron chi connectivity index (χ4n) is 0.861. The van der Waals surface area contributed by atoms with E-state index in [1.165, 1.54) is 0 Å². The molecule has 0 heterocycles. The maximum absolute atomic E-state index is 10.9. The Morgan fingerprint density at radius 1 is 1.38 bits per heavy atom. The first-order valence-corrected chi connectivity index (χ1v) is 3.71. The largest absolute Gasteiger partial charge is 0.394 e. The van der Waals surface area contributed by atoms with Crippen LogP contribution in [0.4, 0.5) is 0 Å². The van der Waals surface area contributed by atoms with Crippen LogP contribution in [-0.4, -0.2) is 64.8 Å². The van der Waals surface area contributed by atoms with Gasteiger partial charge in [0.15, 0.2) is 5.78 Å². The van der Waals surface area contributed by atoms with Crippen LogP contribution in [0, 0.1) is 0 Å². The summed E-state index contributed by atoms with van der Waals surface area (Å²) in [6.07, 6.45) is -4.30. The second-order valence-electron chi connectivity index (χ2n) is 2.52. The van der Waals surface area contributed by atoms with Gasteiger partial charge < -0.3 is 25.2 Å². The lowest BCUT2D eigenvalue weighted by atomic mass is 10.1. The number of hydrogen-bond acceptors (Lipinski definition) is 6. The smallest absolute Gasteiger partial charge is 0.189 e. The Morgan fingerprint density at radius 3 is 2.23 bits per heavy atom. The van der Waals surface area contributed by atoms with E-state index in [4.69, 9.17) is 15.3 Å². The Kier molecular flexibility index (Phi) is 5.76. The normalized spacial score (nSPS) is 17.9. The molecule has 0 amide bonds. The zero-order valence-electron chi connectivity index (χ0n) is 7.25. The number of rotatable bonds is 6. The van der Waals surface area contributed by atoms with Crippen molar-refractivity contribution in [1.82, 2.24) is 0 Å². The molecule has 3 atom stereocenters. The molecule has 0 radical (unpaired) electrons. The van der Waals surface area contributed by atoms with Crippen LogP contribution < -0.4 is 0 Å². The van der Waals surface area contributed by atoms with Crippen LogP contribution in [0.1, 0.15) is 0 Å². The third-order valence-electron chi connectivity index (χ3n) is 1.62. The lowest BCUT2D eigenvalue weighted by Crippen LogP contribution is -2.45. The number of carbonyl (C=O) groups excluding carboxylic acids is 1. The molecule has 0 fully saturated rings. The van der Waals surface area contributed by atoms with Gasteiger partial charge in [-0.1, -0.05) is 0 Å². The molecular formula is C7H14O6. The van der Waals surface area contributed by atoms with Crippen LogP contribution in [0.25, 0.3) is 0 Å². The van der Waals surface area contributed by atoms with Crippen molar-refractivity contribution in [2.75, 3.05) is 20.3 Å². The Labute approximate surface area is 75.4 Å². The number of aliphatic hydroxyl groups is 4. The van der Waals surface area contributed by atoms with Gasteiger partial charge in [-0.05, 0) is 0 Å². The molecule has 0 aliphatic heterocycles. The van der Waals surface area contributed by atoms with E-state index in [0.717, 1.165) is 7.11 Å². The summed E-state index contributed by atoms with van der Waals surface area (Å²) in [6, 6.07) is 0. The maximum atomic E-state index is 10.9. The first-order valence-electron chi connectivity index (χ1n) is 3.71. The predicted molar refractivity (Wildman–Crippen MR) is 42.0 cm³/mol. The molecule has 0 unspecified atom stereocenters. The highest BCUT2D eigenvalue weighted by molar-refractivity contribution is 5.84. The van der Waals surface area contributed by atoms with E-state index in [1.54, 1.807) is 0 Å². The summed E-state index contributed by atoms with van der Waals surface area (Å²) in [5, 5.41) is 35.1. The lowest BCUT2D eigenvalue weighted by Gasteiger charge is -2.22. The van der Waals surface area contributed by atoms with Crippen LogP contribution in [-0.2, 0) is 9.53 Å². The van der Waals surface area contributed by atoms with Crippen molar-refractivity contribution in [3.63, 3.8) is 0 Å². The fourth-order valence-corrected chi connectivity index (χ4v) is 0.861. The SMILES string of the molecule is CO[C@H](C(=O)CO)[C@H](O)[C@H](O)CO. The summed E-state index contributed by atoms with van der Waals surface area (Å²) in [4.78, 5) is 10.9. The number of Topliss-reactive ketones (excluding diaryl/α,β-unsaturated/α-hetero) is 1. The molecule has 0 aliphatic rings. The van der Waals surface area contributed by atoms with Crippen LogP contribution in [0.5, 0.6) is 0 Å². The molecule has 0 aromatic carbocycles. The average Bonchev–Trinajstić information content (AvgIpc) is 2.17. The zero-order valence-corrected chi connectivity index (χ0v) is 7.25. The fraction of sp³-hybridized carbons (Fsp3) is 0.857. The summed E-state index contributed by atoms with van der Waals surface area (Å²) in [6.45, 7) is -1.46. The number of ether oxygens (including phenoxy) is 1. The highest BCUT2D eigenvalue weighted by atomic mass is 16.5. The number of ketones is 1. The van der Waals surface area contributed by atoms with Gasteiger partial charge in [0, 0.05) is 7.11 Å². The molecule has 0 saturated carbocycles. The van der Waals surface area contributed by atoms with Crippen molar-refractivity contribution < 1.29 is 30.0 Å². The molecule has 0 aliphatic carbocycles. The number of hydrogen-bond donors (Lipinski definition) is 4. The topological polar surface area (TPSA) is 107 Å². The van der Waals surface area contributed by atoms with E-state index in [-0.39, 0.29) is 0 Å². The van der Waals surface area contributed by atoms with Crippen molar-refractivity contribution in [3.05, 3.63) is 0 Å². The van der Waals surface area contributed by atoms with Gasteiger partial charge in [-0.2, -0.15) is 0 Å². The summed E-state index contributed by atoms with van der Waals surface area (Å²) in [5.41, 5.74) is 0. The molecule has 0 aromatic rings. The number of carbonyl (C=O) groups is 1. The van der Waals surface area contributed by atoms with Crippen LogP contribution in [0.2, 0.25) is 0 Å². The molecule has 0 spiro atoms. The van der Waals surface area contributed by atoms with Gasteiger partial charge in [0.1, 0.15) is 24.9 Å². The van der Waals surface area contributed by atoms with E-state index in [2.05, 4.69) is 4.74 Å². The third kappa shape index (κ3) is 3.37. The first-order chi connectivity index (χ1) is 6.08. The van der Waals surface area contributed by atoms with Gasteiger partial charge in [0.2, 0.25) is 0 Å². The van der Waals surface area contributed by atoms with Gasteiger partial charge in [-0.25, -0.2) is 0 Å². The molecule has 6 heteroatoms. The minimum atomic E-state index is -1.53. The van der Waals surface area contributed by atoms with Crippen molar-refractivity contribution in [2.24, 2.45) is 0 Å². The van der Waals surface area contributed by atoms with Crippen LogP contribution in [0.15, 0.2) is 0 Å². The minimum Gasteiger partial charge on any atom is -0.394 e. The molecule has 6 nitrogen and oxygen atoms in total. The number of aliphatic hydroxyl groups excluding tert-OH is 4. The summed E-state index contributed by atoms with van der Waals surface area (Å²) < 4.78 is 4.56. The second kappa shape index (κ2) is 6.01. The third-order valence-corrected chi connectivity index (χ3v) is 1.62. The highest BCUT2D eigenvalue weighted by Crippen LogP contribution is 2.04. The van der Waals surface area contributed by atoms with Gasteiger partial charge in [0.25, 0.3) is 0 Å². The summed E-state index contributed by atoms with van der Waals surface area (Å²) >= 11 is 0. The quantitative estimate of drug-likeness (QED) is 0.366. The predicted octanol–water partition coefficient (Wildman–Crippen LogP) is -2.72. The van der Waals surface area contributed by atoms with Crippen LogP contribution in [0.3, 0.4) is 0 Å². The standard InChI is InChI=1S/C7H14O6/c1-13-7(5(11)3-9)6(12)4(10)2-8/h4,6-10,12H,2-3H2,1H3/t4-,6-,7-/m1/s1. The summed E-state index contributed by atoms with van der Waals surface area (Å²) in [7, 11) is 1.16. The number of methoxy groups -OCH3 is 1. The Morgan fingerprint density at radius 2 is 1.92 bits per heavy atom. The van der Waals surface area contributed by atoms with Gasteiger partial charge in [-0.3, -0.25) is 4.79 Å². The van der Waals surface area contributed by atoms with Gasteiger partial charge in [0.05, 0.1) is 6.61 Å². The van der Waals surface area contributed by atoms with Crippen molar-refractivity contribution >= 4 is 5.78 Å². The molecule has 0 saturated heterocycles. The molecular weight excluding hydrogens is 180 g/mol. The molecule has 4 N–H and O–H groups in total. The highest BCUT2D eigenvalue weighted by Gasteiger charge is 2.30. The second-order valence-corrected chi connectivity index (χ2v) is 2.52. The van der Waals surface area contributed by atoms with Gasteiger partial charge in [-0.15, -0.1) is 0 Å². The minimum absolute atomic E-state index is 0.681. The van der Waals surface area contributed by atoms with Crippen LogP contribution >= 0.6 is 0 Å². The Hall–Kier alpha value is -0.530. The van der Waals surface area contributed by atoms with Crippen molar-refractivity contribution in [3.8, 4) is 0 Å². The van der Waals surface area contributed by atoms with E-state index in [9.17, 15) is 9.90 Å². The average molecular weight is 194 g/mol. The molecule has 0 bridgehead atoms. The van der Waals surface area contributed by atoms with E-state index < -0.39 is 37.3 Å². The monoisotopic (exact) mass is 194 g/mol. The Bertz CT molecular complexity index is 159. The molecule has 78 valence electrons. The van der Waals surface area contributed by atoms with Crippen molar-refractivity contribution in [1.29, 1.82) is 0 Å². The van der Waals surface area contributed by atoms with E-state index in [1.807, 2.05) is 0 Å². The zero-order chi connectivity index (χ0) is 10.4. The maximum Gasteiger partial charge on any atom is 0.189 e. The molecule has 13 heavy (non-hydrogen) atoms. The molecule has 0 rings (SSSR count). The molecule has 0 aromatic heterocycles.